The van der Waals surface area contributed by atoms with Crippen LogP contribution in [0.3, 0.4) is 0 Å². The zero-order valence-electron chi connectivity index (χ0n) is 22.0. The highest BCUT2D eigenvalue weighted by molar-refractivity contribution is 6.20. The molecule has 0 saturated carbocycles. The maximum atomic E-state index is 13.5. The summed E-state index contributed by atoms with van der Waals surface area (Å²) in [5.74, 6) is -0.0672. The number of hydrogen-bond donors (Lipinski definition) is 0. The zero-order chi connectivity index (χ0) is 25.4. The molecule has 0 radical (unpaired) electrons. The van der Waals surface area contributed by atoms with Gasteiger partial charge in [0.15, 0.2) is 0 Å². The highest BCUT2D eigenvalue weighted by Crippen LogP contribution is 2.31. The Kier molecular flexibility index (Phi) is 9.55. The quantitative estimate of drug-likeness (QED) is 0.460. The van der Waals surface area contributed by atoms with E-state index in [0.29, 0.717) is 0 Å². The first-order valence-electron chi connectivity index (χ1n) is 12.1. The summed E-state index contributed by atoms with van der Waals surface area (Å²) in [5, 5.41) is 0. The summed E-state index contributed by atoms with van der Waals surface area (Å²) in [6.45, 7) is 14.0. The SMILES string of the molecule is CC.CC.Cc1cc(N(C)C2N=C(c3ccccc3)c3ccccc3N(C)C2=O)c(C)c(C)n1. The minimum Gasteiger partial charge on any atom is -0.345 e. The van der Waals surface area contributed by atoms with E-state index in [0.717, 1.165) is 45.2 Å². The molecule has 2 aromatic carbocycles. The predicted molar refractivity (Wildman–Crippen MR) is 145 cm³/mol. The van der Waals surface area contributed by atoms with Crippen molar-refractivity contribution in [2.45, 2.75) is 54.6 Å². The lowest BCUT2D eigenvalue weighted by Crippen LogP contribution is -2.45. The van der Waals surface area contributed by atoms with Crippen LogP contribution in [-0.4, -0.2) is 36.9 Å². The zero-order valence-corrected chi connectivity index (χ0v) is 22.0. The second kappa shape index (κ2) is 12.1. The van der Waals surface area contributed by atoms with Crippen LogP contribution in [0.4, 0.5) is 11.4 Å². The number of likely N-dealkylation sites (N-methyl/N-ethyl adjacent to an activating group) is 2. The molecule has 1 amide bonds. The Morgan fingerprint density at radius 1 is 0.882 bits per heavy atom. The van der Waals surface area contributed by atoms with Crippen molar-refractivity contribution in [1.82, 2.24) is 4.98 Å². The summed E-state index contributed by atoms with van der Waals surface area (Å²) in [6.07, 6.45) is -0.683. The van der Waals surface area contributed by atoms with Crippen molar-refractivity contribution in [3.63, 3.8) is 0 Å². The smallest absolute Gasteiger partial charge is 0.272 e. The van der Waals surface area contributed by atoms with E-state index in [9.17, 15) is 4.79 Å². The molecule has 0 fully saturated rings. The number of carbonyl (C=O) groups excluding carboxylic acids is 1. The molecule has 3 aromatic rings. The lowest BCUT2D eigenvalue weighted by molar-refractivity contribution is -0.119. The maximum absolute atomic E-state index is 13.5. The van der Waals surface area contributed by atoms with Gasteiger partial charge < -0.3 is 9.80 Å². The molecule has 1 aliphatic rings. The molecule has 4 rings (SSSR count). The lowest BCUT2D eigenvalue weighted by Gasteiger charge is -2.30. The number of fused-ring (bicyclic) bond motifs is 1. The number of benzodiazepines with no additional fused rings is 1. The van der Waals surface area contributed by atoms with Crippen LogP contribution in [0.2, 0.25) is 0 Å². The molecule has 5 heteroatoms. The monoisotopic (exact) mass is 458 g/mol. The third kappa shape index (κ3) is 5.36. The van der Waals surface area contributed by atoms with Gasteiger partial charge in [-0.2, -0.15) is 0 Å². The Morgan fingerprint density at radius 2 is 1.47 bits per heavy atom. The number of rotatable bonds is 3. The Bertz CT molecular complexity index is 1140. The van der Waals surface area contributed by atoms with Crippen molar-refractivity contribution in [3.8, 4) is 0 Å². The molecular formula is C29H38N4O. The molecule has 0 saturated heterocycles. The molecule has 2 heterocycles. The van der Waals surface area contributed by atoms with Crippen LogP contribution in [0.15, 0.2) is 65.7 Å². The molecule has 0 spiro atoms. The number of carbonyl (C=O) groups is 1. The van der Waals surface area contributed by atoms with E-state index in [4.69, 9.17) is 4.99 Å². The van der Waals surface area contributed by atoms with Crippen molar-refractivity contribution in [1.29, 1.82) is 0 Å². The van der Waals surface area contributed by atoms with Gasteiger partial charge in [0.25, 0.3) is 5.91 Å². The fourth-order valence-corrected chi connectivity index (χ4v) is 3.95. The van der Waals surface area contributed by atoms with E-state index in [1.54, 1.807) is 4.90 Å². The molecular weight excluding hydrogens is 420 g/mol. The van der Waals surface area contributed by atoms with Crippen molar-refractivity contribution in [2.24, 2.45) is 4.99 Å². The van der Waals surface area contributed by atoms with Crippen molar-refractivity contribution >= 4 is 23.0 Å². The molecule has 1 aromatic heterocycles. The van der Waals surface area contributed by atoms with Gasteiger partial charge in [-0.05, 0) is 38.5 Å². The molecule has 1 atom stereocenters. The molecule has 1 unspecified atom stereocenters. The van der Waals surface area contributed by atoms with Crippen LogP contribution in [0.1, 0.15) is 55.8 Å². The lowest BCUT2D eigenvalue weighted by atomic mass is 10.0. The number of amides is 1. The van der Waals surface area contributed by atoms with Gasteiger partial charge in [0.05, 0.1) is 11.4 Å². The first-order valence-corrected chi connectivity index (χ1v) is 12.1. The number of hydrogen-bond acceptors (Lipinski definition) is 4. The third-order valence-corrected chi connectivity index (χ3v) is 5.73. The topological polar surface area (TPSA) is 48.8 Å². The summed E-state index contributed by atoms with van der Waals surface area (Å²) < 4.78 is 0. The van der Waals surface area contributed by atoms with E-state index in [-0.39, 0.29) is 5.91 Å². The molecule has 0 bridgehead atoms. The molecule has 34 heavy (non-hydrogen) atoms. The average Bonchev–Trinajstić information content (AvgIpc) is 2.99. The minimum atomic E-state index is -0.683. The van der Waals surface area contributed by atoms with E-state index < -0.39 is 6.17 Å². The minimum absolute atomic E-state index is 0.0672. The Labute approximate surface area is 205 Å². The van der Waals surface area contributed by atoms with Crippen LogP contribution in [0.5, 0.6) is 0 Å². The van der Waals surface area contributed by atoms with Crippen LogP contribution < -0.4 is 9.80 Å². The van der Waals surface area contributed by atoms with Gasteiger partial charge >= 0.3 is 0 Å². The number of aliphatic imine (C=N–C) groups is 1. The van der Waals surface area contributed by atoms with Crippen molar-refractivity contribution in [2.75, 3.05) is 23.9 Å². The Morgan fingerprint density at radius 3 is 2.12 bits per heavy atom. The Hall–Kier alpha value is -3.47. The number of nitrogens with zero attached hydrogens (tertiary/aromatic N) is 4. The van der Waals surface area contributed by atoms with Crippen LogP contribution in [-0.2, 0) is 4.79 Å². The Balaban J connectivity index is 0.000000970. The van der Waals surface area contributed by atoms with Gasteiger partial charge in [-0.1, -0.05) is 76.2 Å². The summed E-state index contributed by atoms with van der Waals surface area (Å²) in [4.78, 5) is 26.8. The van der Waals surface area contributed by atoms with Crippen molar-refractivity contribution < 1.29 is 4.79 Å². The second-order valence-corrected chi connectivity index (χ2v) is 7.74. The molecule has 0 N–H and O–H groups in total. The number of para-hydroxylation sites is 1. The fraction of sp³-hybridized carbons (Fsp3) is 0.345. The van der Waals surface area contributed by atoms with Gasteiger partial charge in [0, 0.05) is 42.3 Å². The predicted octanol–water partition coefficient (Wildman–Crippen LogP) is 6.34. The van der Waals surface area contributed by atoms with Gasteiger partial charge in [-0.15, -0.1) is 0 Å². The van der Waals surface area contributed by atoms with Gasteiger partial charge in [0.2, 0.25) is 6.17 Å². The van der Waals surface area contributed by atoms with E-state index in [2.05, 4.69) is 4.98 Å². The van der Waals surface area contributed by atoms with Crippen molar-refractivity contribution in [3.05, 3.63) is 88.7 Å². The van der Waals surface area contributed by atoms with E-state index in [1.807, 2.05) is 128 Å². The average molecular weight is 459 g/mol. The van der Waals surface area contributed by atoms with Crippen LogP contribution in [0, 0.1) is 20.8 Å². The number of benzene rings is 2. The molecule has 180 valence electrons. The van der Waals surface area contributed by atoms with E-state index in [1.165, 1.54) is 0 Å². The first-order chi connectivity index (χ1) is 16.4. The number of anilines is 2. The molecule has 5 nitrogen and oxygen atoms in total. The fourth-order valence-electron chi connectivity index (χ4n) is 3.95. The van der Waals surface area contributed by atoms with Gasteiger partial charge in [-0.25, -0.2) is 4.99 Å². The normalized spacial score (nSPS) is 14.5. The number of pyridine rings is 1. The summed E-state index contributed by atoms with van der Waals surface area (Å²) in [7, 11) is 3.75. The molecule has 0 aliphatic carbocycles. The third-order valence-electron chi connectivity index (χ3n) is 5.73. The molecule has 1 aliphatic heterocycles. The van der Waals surface area contributed by atoms with Crippen LogP contribution >= 0.6 is 0 Å². The first kappa shape index (κ1) is 26.8. The second-order valence-electron chi connectivity index (χ2n) is 7.74. The summed E-state index contributed by atoms with van der Waals surface area (Å²) in [6, 6.07) is 20.0. The largest absolute Gasteiger partial charge is 0.345 e. The highest BCUT2D eigenvalue weighted by atomic mass is 16.2. The van der Waals surface area contributed by atoms with Gasteiger partial charge in [-0.3, -0.25) is 9.78 Å². The van der Waals surface area contributed by atoms with E-state index >= 15 is 0 Å². The van der Waals surface area contributed by atoms with Crippen LogP contribution in [0.25, 0.3) is 0 Å². The highest BCUT2D eigenvalue weighted by Gasteiger charge is 2.33. The standard InChI is InChI=1S/C25H26N4O.2C2H6/c1-16-15-22(17(2)18(3)26-16)28(4)24-25(30)29(5)21-14-10-9-13-20(21)23(27-24)19-11-7-6-8-12-19;2*1-2/h6-15,24H,1-5H3;2*1-2H3. The van der Waals surface area contributed by atoms with Gasteiger partial charge in [0.1, 0.15) is 0 Å². The number of aryl methyl sites for hydroxylation is 2. The summed E-state index contributed by atoms with van der Waals surface area (Å²) >= 11 is 0. The number of aromatic nitrogens is 1. The maximum Gasteiger partial charge on any atom is 0.272 e. The summed E-state index contributed by atoms with van der Waals surface area (Å²) in [5.41, 5.74) is 7.53.